The van der Waals surface area contributed by atoms with Gasteiger partial charge in [-0.2, -0.15) is 5.26 Å². The summed E-state index contributed by atoms with van der Waals surface area (Å²) in [5.41, 5.74) is 0. The highest BCUT2D eigenvalue weighted by molar-refractivity contribution is 9.10. The number of rotatable bonds is 4. The fourth-order valence-electron chi connectivity index (χ4n) is 1.60. The number of aryl methyl sites for hydroxylation is 1. The lowest BCUT2D eigenvalue weighted by Crippen LogP contribution is -2.13. The third kappa shape index (κ3) is 3.22. The fourth-order valence-corrected chi connectivity index (χ4v) is 3.42. The van der Waals surface area contributed by atoms with Gasteiger partial charge < -0.3 is 4.57 Å². The molecule has 0 saturated heterocycles. The molecule has 7 heteroatoms. The Bertz CT molecular complexity index is 731. The molecular weight excluding hydrogens is 330 g/mol. The average molecular weight is 340 g/mol. The molecule has 0 bridgehead atoms. The molecule has 2 rings (SSSR count). The van der Waals surface area contributed by atoms with Crippen molar-refractivity contribution in [2.24, 2.45) is 0 Å². The second-order valence-electron chi connectivity index (χ2n) is 3.83. The van der Waals surface area contributed by atoms with Gasteiger partial charge in [0.2, 0.25) is 5.82 Å². The van der Waals surface area contributed by atoms with Crippen LogP contribution >= 0.6 is 15.9 Å². The summed E-state index contributed by atoms with van der Waals surface area (Å²) < 4.78 is 26.5. The topological polar surface area (TPSA) is 75.8 Å². The van der Waals surface area contributed by atoms with Crippen LogP contribution in [0.1, 0.15) is 5.82 Å². The molecule has 0 saturated carbocycles. The van der Waals surface area contributed by atoms with E-state index in [9.17, 15) is 8.42 Å². The molecule has 5 nitrogen and oxygen atoms in total. The van der Waals surface area contributed by atoms with E-state index in [0.717, 1.165) is 0 Å². The van der Waals surface area contributed by atoms with E-state index in [0.29, 0.717) is 4.47 Å². The highest BCUT2D eigenvalue weighted by atomic mass is 79.9. The van der Waals surface area contributed by atoms with Crippen LogP contribution in [0.5, 0.6) is 0 Å². The summed E-state index contributed by atoms with van der Waals surface area (Å²) in [5.74, 6) is 0.138. The molecule has 0 N–H and O–H groups in total. The zero-order valence-corrected chi connectivity index (χ0v) is 12.2. The van der Waals surface area contributed by atoms with Crippen LogP contribution in [-0.4, -0.2) is 23.7 Å². The first-order chi connectivity index (χ1) is 9.03. The predicted molar refractivity (Wildman–Crippen MR) is 73.1 cm³/mol. The van der Waals surface area contributed by atoms with Gasteiger partial charge in [0.15, 0.2) is 9.84 Å². The van der Waals surface area contributed by atoms with Crippen molar-refractivity contribution in [2.45, 2.75) is 11.4 Å². The van der Waals surface area contributed by atoms with Gasteiger partial charge >= 0.3 is 0 Å². The van der Waals surface area contributed by atoms with Gasteiger partial charge in [0.1, 0.15) is 6.07 Å². The van der Waals surface area contributed by atoms with Crippen molar-refractivity contribution in [3.8, 4) is 6.07 Å². The van der Waals surface area contributed by atoms with Crippen LogP contribution < -0.4 is 0 Å². The van der Waals surface area contributed by atoms with Crippen molar-refractivity contribution >= 4 is 25.8 Å². The summed E-state index contributed by atoms with van der Waals surface area (Å²) in [6.07, 6.45) is 3.07. The number of nitrogens with zero attached hydrogens (tertiary/aromatic N) is 3. The maximum atomic E-state index is 12.1. The summed E-state index contributed by atoms with van der Waals surface area (Å²) in [7, 11) is -3.37. The fraction of sp³-hybridized carbons (Fsp3) is 0.167. The number of aromatic nitrogens is 2. The van der Waals surface area contributed by atoms with Crippen LogP contribution in [0.4, 0.5) is 0 Å². The molecule has 1 aromatic carbocycles. The average Bonchev–Trinajstić information content (AvgIpc) is 2.84. The lowest BCUT2D eigenvalue weighted by Gasteiger charge is -2.06. The summed E-state index contributed by atoms with van der Waals surface area (Å²) in [5, 5.41) is 8.80. The summed E-state index contributed by atoms with van der Waals surface area (Å²) >= 11 is 3.24. The first kappa shape index (κ1) is 13.8. The van der Waals surface area contributed by atoms with Crippen molar-refractivity contribution in [1.82, 2.24) is 9.55 Å². The maximum absolute atomic E-state index is 12.1. The van der Waals surface area contributed by atoms with E-state index in [1.54, 1.807) is 30.5 Å². The zero-order chi connectivity index (χ0) is 13.9. The van der Waals surface area contributed by atoms with Crippen LogP contribution in [0.3, 0.4) is 0 Å². The zero-order valence-electron chi connectivity index (χ0n) is 9.82. The molecule has 1 heterocycles. The van der Waals surface area contributed by atoms with Crippen molar-refractivity contribution in [2.75, 3.05) is 5.75 Å². The molecule has 0 unspecified atom stereocenters. The van der Waals surface area contributed by atoms with Gasteiger partial charge in [-0.3, -0.25) is 0 Å². The Hall–Kier alpha value is -1.65. The second kappa shape index (κ2) is 5.55. The van der Waals surface area contributed by atoms with Gasteiger partial charge in [-0.15, -0.1) is 0 Å². The van der Waals surface area contributed by atoms with Gasteiger partial charge in [0.05, 0.1) is 10.6 Å². The third-order valence-corrected chi connectivity index (χ3v) is 4.76. The number of halogens is 1. The van der Waals surface area contributed by atoms with Crippen molar-refractivity contribution in [3.63, 3.8) is 0 Å². The van der Waals surface area contributed by atoms with Crippen LogP contribution in [0.2, 0.25) is 0 Å². The van der Waals surface area contributed by atoms with Crippen molar-refractivity contribution < 1.29 is 8.42 Å². The Balaban J connectivity index is 2.17. The molecular formula is C12H10BrN3O2S. The molecule has 2 aromatic rings. The SMILES string of the molecule is N#Cc1nccn1CCS(=O)(=O)c1cccc(Br)c1. The number of hydrogen-bond acceptors (Lipinski definition) is 4. The first-order valence-electron chi connectivity index (χ1n) is 5.42. The Morgan fingerprint density at radius 1 is 1.42 bits per heavy atom. The lowest BCUT2D eigenvalue weighted by molar-refractivity contribution is 0.588. The number of benzene rings is 1. The quantitative estimate of drug-likeness (QED) is 0.853. The normalized spacial score (nSPS) is 11.2. The highest BCUT2D eigenvalue weighted by Gasteiger charge is 2.15. The monoisotopic (exact) mass is 339 g/mol. The molecule has 0 amide bonds. The van der Waals surface area contributed by atoms with Gasteiger partial charge in [-0.1, -0.05) is 22.0 Å². The summed E-state index contributed by atoms with van der Waals surface area (Å²) in [6.45, 7) is 0.206. The second-order valence-corrected chi connectivity index (χ2v) is 6.86. The van der Waals surface area contributed by atoms with E-state index >= 15 is 0 Å². The van der Waals surface area contributed by atoms with E-state index in [2.05, 4.69) is 20.9 Å². The molecule has 0 fully saturated rings. The third-order valence-electron chi connectivity index (χ3n) is 2.57. The molecule has 1 aromatic heterocycles. The van der Waals surface area contributed by atoms with E-state index in [-0.39, 0.29) is 23.0 Å². The first-order valence-corrected chi connectivity index (χ1v) is 7.87. The Morgan fingerprint density at radius 2 is 2.21 bits per heavy atom. The van der Waals surface area contributed by atoms with E-state index < -0.39 is 9.84 Å². The van der Waals surface area contributed by atoms with Crippen LogP contribution in [0.15, 0.2) is 46.0 Å². The van der Waals surface area contributed by atoms with Crippen LogP contribution in [-0.2, 0) is 16.4 Å². The van der Waals surface area contributed by atoms with E-state index in [1.165, 1.54) is 10.8 Å². The molecule has 0 aliphatic carbocycles. The minimum Gasteiger partial charge on any atom is -0.322 e. The van der Waals surface area contributed by atoms with Crippen molar-refractivity contribution in [1.29, 1.82) is 5.26 Å². The molecule has 0 spiro atoms. The number of sulfone groups is 1. The smallest absolute Gasteiger partial charge is 0.212 e. The number of imidazole rings is 1. The van der Waals surface area contributed by atoms with E-state index in [4.69, 9.17) is 5.26 Å². The lowest BCUT2D eigenvalue weighted by atomic mass is 10.4. The predicted octanol–water partition coefficient (Wildman–Crippen LogP) is 1.99. The minimum atomic E-state index is -3.37. The van der Waals surface area contributed by atoms with Gasteiger partial charge in [0, 0.05) is 23.4 Å². The Labute approximate surface area is 119 Å². The maximum Gasteiger partial charge on any atom is 0.212 e. The molecule has 0 aliphatic rings. The Kier molecular flexibility index (Phi) is 4.02. The molecule has 0 radical (unpaired) electrons. The van der Waals surface area contributed by atoms with Gasteiger partial charge in [0.25, 0.3) is 0 Å². The van der Waals surface area contributed by atoms with Gasteiger partial charge in [-0.25, -0.2) is 13.4 Å². The van der Waals surface area contributed by atoms with Crippen LogP contribution in [0.25, 0.3) is 0 Å². The largest absolute Gasteiger partial charge is 0.322 e. The number of hydrogen-bond donors (Lipinski definition) is 0. The highest BCUT2D eigenvalue weighted by Crippen LogP contribution is 2.17. The standard InChI is InChI=1S/C12H10BrN3O2S/c13-10-2-1-3-11(8-10)19(17,18)7-6-16-5-4-15-12(16)9-14/h1-5,8H,6-7H2. The Morgan fingerprint density at radius 3 is 2.89 bits per heavy atom. The molecule has 19 heavy (non-hydrogen) atoms. The minimum absolute atomic E-state index is 0.0749. The van der Waals surface area contributed by atoms with Crippen LogP contribution in [0, 0.1) is 11.3 Å². The molecule has 0 aliphatic heterocycles. The molecule has 0 atom stereocenters. The van der Waals surface area contributed by atoms with E-state index in [1.807, 2.05) is 6.07 Å². The number of nitriles is 1. The molecule has 98 valence electrons. The summed E-state index contributed by atoms with van der Waals surface area (Å²) in [6, 6.07) is 8.47. The van der Waals surface area contributed by atoms with Crippen molar-refractivity contribution in [3.05, 3.63) is 47.0 Å². The van der Waals surface area contributed by atoms with Gasteiger partial charge in [-0.05, 0) is 18.2 Å². The summed E-state index contributed by atoms with van der Waals surface area (Å²) in [4.78, 5) is 4.09.